The summed E-state index contributed by atoms with van der Waals surface area (Å²) in [6.45, 7) is 2.98. The molecule has 0 unspecified atom stereocenters. The monoisotopic (exact) mass is 209 g/mol. The van der Waals surface area contributed by atoms with E-state index in [4.69, 9.17) is 17.3 Å². The molecule has 0 bridgehead atoms. The van der Waals surface area contributed by atoms with Crippen LogP contribution in [-0.2, 0) is 5.41 Å². The van der Waals surface area contributed by atoms with E-state index in [0.717, 1.165) is 10.9 Å². The molecule has 1 aliphatic carbocycles. The van der Waals surface area contributed by atoms with E-state index >= 15 is 0 Å². The molecule has 0 amide bonds. The summed E-state index contributed by atoms with van der Waals surface area (Å²) < 4.78 is 0. The first-order valence-electron chi connectivity index (χ1n) is 5.13. The van der Waals surface area contributed by atoms with Gasteiger partial charge in [0.2, 0.25) is 0 Å². The Morgan fingerprint density at radius 1 is 1.43 bits per heavy atom. The lowest BCUT2D eigenvalue weighted by atomic mass is 9.59. The summed E-state index contributed by atoms with van der Waals surface area (Å²) >= 11 is 6.19. The van der Waals surface area contributed by atoms with Crippen molar-refractivity contribution in [2.45, 2.75) is 25.2 Å². The first-order chi connectivity index (χ1) is 6.68. The van der Waals surface area contributed by atoms with E-state index in [9.17, 15) is 0 Å². The van der Waals surface area contributed by atoms with Gasteiger partial charge in [0.05, 0.1) is 0 Å². The lowest BCUT2D eigenvalue weighted by Crippen LogP contribution is -2.46. The average Bonchev–Trinajstić information content (AvgIpc) is 2.14. The van der Waals surface area contributed by atoms with Crippen molar-refractivity contribution in [1.29, 1.82) is 0 Å². The molecule has 14 heavy (non-hydrogen) atoms. The zero-order chi connectivity index (χ0) is 10.2. The second-order valence-electron chi connectivity index (χ2n) is 4.48. The molecule has 0 aliphatic heterocycles. The Labute approximate surface area is 90.3 Å². The van der Waals surface area contributed by atoms with Gasteiger partial charge < -0.3 is 5.73 Å². The van der Waals surface area contributed by atoms with Crippen molar-refractivity contribution in [3.63, 3.8) is 0 Å². The van der Waals surface area contributed by atoms with Crippen molar-refractivity contribution < 1.29 is 0 Å². The zero-order valence-electron chi connectivity index (χ0n) is 8.46. The summed E-state index contributed by atoms with van der Waals surface area (Å²) in [5.41, 5.74) is 7.28. The van der Waals surface area contributed by atoms with Crippen molar-refractivity contribution in [2.75, 3.05) is 6.54 Å². The van der Waals surface area contributed by atoms with Crippen molar-refractivity contribution >= 4 is 11.6 Å². The molecule has 2 rings (SSSR count). The number of hydrogen-bond acceptors (Lipinski definition) is 1. The number of rotatable bonds is 2. The summed E-state index contributed by atoms with van der Waals surface area (Å²) in [6, 6.07) is 8.08. The Morgan fingerprint density at radius 3 is 2.57 bits per heavy atom. The van der Waals surface area contributed by atoms with Crippen LogP contribution in [0.25, 0.3) is 0 Å². The minimum absolute atomic E-state index is 0.164. The molecule has 1 nitrogen and oxygen atoms in total. The van der Waals surface area contributed by atoms with E-state index in [2.05, 4.69) is 13.0 Å². The number of benzene rings is 1. The van der Waals surface area contributed by atoms with Gasteiger partial charge in [-0.15, -0.1) is 0 Å². The van der Waals surface area contributed by atoms with Crippen LogP contribution in [0.3, 0.4) is 0 Å². The van der Waals surface area contributed by atoms with E-state index < -0.39 is 0 Å². The van der Waals surface area contributed by atoms with E-state index in [1.54, 1.807) is 0 Å². The van der Waals surface area contributed by atoms with E-state index in [-0.39, 0.29) is 5.41 Å². The van der Waals surface area contributed by atoms with Gasteiger partial charge >= 0.3 is 0 Å². The Morgan fingerprint density at radius 2 is 2.07 bits per heavy atom. The lowest BCUT2D eigenvalue weighted by Gasteiger charge is -2.46. The quantitative estimate of drug-likeness (QED) is 0.797. The van der Waals surface area contributed by atoms with Crippen LogP contribution in [0.2, 0.25) is 5.02 Å². The molecule has 1 aromatic rings. The first kappa shape index (κ1) is 10.0. The molecule has 1 saturated carbocycles. The number of halogens is 1. The Balaban J connectivity index is 2.34. The van der Waals surface area contributed by atoms with E-state index in [0.29, 0.717) is 6.54 Å². The number of hydrogen-bond donors (Lipinski definition) is 1. The van der Waals surface area contributed by atoms with Gasteiger partial charge in [0.15, 0.2) is 0 Å². The van der Waals surface area contributed by atoms with Gasteiger partial charge in [0.1, 0.15) is 0 Å². The second-order valence-corrected chi connectivity index (χ2v) is 4.88. The maximum atomic E-state index is 6.19. The molecule has 2 heteroatoms. The van der Waals surface area contributed by atoms with Crippen LogP contribution >= 0.6 is 11.6 Å². The molecule has 0 radical (unpaired) electrons. The van der Waals surface area contributed by atoms with Gasteiger partial charge in [-0.3, -0.25) is 0 Å². The third-order valence-corrected chi connectivity index (χ3v) is 3.64. The van der Waals surface area contributed by atoms with Crippen molar-refractivity contribution in [3.05, 3.63) is 34.9 Å². The minimum Gasteiger partial charge on any atom is -0.330 e. The van der Waals surface area contributed by atoms with Gasteiger partial charge in [0.25, 0.3) is 0 Å². The first-order valence-corrected chi connectivity index (χ1v) is 5.51. The molecule has 2 N–H and O–H groups in total. The maximum absolute atomic E-state index is 6.19. The Bertz CT molecular complexity index is 329. The summed E-state index contributed by atoms with van der Waals surface area (Å²) in [4.78, 5) is 0. The molecule has 0 aromatic heterocycles. The zero-order valence-corrected chi connectivity index (χ0v) is 9.22. The Hall–Kier alpha value is -0.530. The molecule has 1 aliphatic rings. The van der Waals surface area contributed by atoms with E-state index in [1.807, 2.05) is 18.2 Å². The molecular weight excluding hydrogens is 194 g/mol. The van der Waals surface area contributed by atoms with Crippen LogP contribution in [0.1, 0.15) is 25.3 Å². The minimum atomic E-state index is 0.164. The second kappa shape index (κ2) is 3.56. The predicted molar refractivity (Wildman–Crippen MR) is 60.6 cm³/mol. The molecule has 0 saturated heterocycles. The van der Waals surface area contributed by atoms with Crippen LogP contribution in [0.15, 0.2) is 24.3 Å². The fourth-order valence-electron chi connectivity index (χ4n) is 2.66. The van der Waals surface area contributed by atoms with Crippen molar-refractivity contribution in [1.82, 2.24) is 0 Å². The van der Waals surface area contributed by atoms with Gasteiger partial charge in [0, 0.05) is 17.0 Å². The van der Waals surface area contributed by atoms with Crippen LogP contribution in [0, 0.1) is 5.92 Å². The summed E-state index contributed by atoms with van der Waals surface area (Å²) in [5.74, 6) is 0.787. The molecule has 0 heterocycles. The third-order valence-electron chi connectivity index (χ3n) is 3.31. The fraction of sp³-hybridized carbons (Fsp3) is 0.500. The molecule has 76 valence electrons. The number of nitrogens with two attached hydrogens (primary N) is 1. The SMILES string of the molecule is CC1CC(CN)(c2ccccc2Cl)C1. The van der Waals surface area contributed by atoms with Crippen molar-refractivity contribution in [2.24, 2.45) is 11.7 Å². The highest BCUT2D eigenvalue weighted by molar-refractivity contribution is 6.31. The summed E-state index contributed by atoms with van der Waals surface area (Å²) in [7, 11) is 0. The molecule has 1 fully saturated rings. The Kier molecular flexibility index (Phi) is 2.54. The fourth-order valence-corrected chi connectivity index (χ4v) is 3.00. The van der Waals surface area contributed by atoms with Crippen LogP contribution in [-0.4, -0.2) is 6.54 Å². The molecule has 0 spiro atoms. The van der Waals surface area contributed by atoms with E-state index in [1.165, 1.54) is 18.4 Å². The largest absolute Gasteiger partial charge is 0.330 e. The van der Waals surface area contributed by atoms with Gasteiger partial charge in [-0.25, -0.2) is 0 Å². The predicted octanol–water partition coefficient (Wildman–Crippen LogP) is 2.97. The summed E-state index contributed by atoms with van der Waals surface area (Å²) in [5, 5.41) is 0.866. The van der Waals surface area contributed by atoms with Gasteiger partial charge in [-0.05, 0) is 30.4 Å². The molecule has 0 atom stereocenters. The van der Waals surface area contributed by atoms with Crippen LogP contribution < -0.4 is 5.73 Å². The molecule has 1 aromatic carbocycles. The topological polar surface area (TPSA) is 26.0 Å². The average molecular weight is 210 g/mol. The third kappa shape index (κ3) is 1.45. The van der Waals surface area contributed by atoms with Crippen LogP contribution in [0.4, 0.5) is 0 Å². The lowest BCUT2D eigenvalue weighted by molar-refractivity contribution is 0.165. The normalized spacial score (nSPS) is 31.2. The van der Waals surface area contributed by atoms with Gasteiger partial charge in [-0.1, -0.05) is 36.7 Å². The highest BCUT2D eigenvalue weighted by Crippen LogP contribution is 2.48. The standard InChI is InChI=1S/C12H16ClN/c1-9-6-12(7-9,8-14)10-4-2-3-5-11(10)13/h2-5,9H,6-8,14H2,1H3. The van der Waals surface area contributed by atoms with Gasteiger partial charge in [-0.2, -0.15) is 0 Å². The molecular formula is C12H16ClN. The van der Waals surface area contributed by atoms with Crippen LogP contribution in [0.5, 0.6) is 0 Å². The highest BCUT2D eigenvalue weighted by Gasteiger charge is 2.43. The summed E-state index contributed by atoms with van der Waals surface area (Å²) in [6.07, 6.45) is 2.35. The maximum Gasteiger partial charge on any atom is 0.0444 e. The van der Waals surface area contributed by atoms with Crippen molar-refractivity contribution in [3.8, 4) is 0 Å². The highest BCUT2D eigenvalue weighted by atomic mass is 35.5. The smallest absolute Gasteiger partial charge is 0.0444 e.